The SMILES string of the molecule is O=C(CCc1cccc(Cl)c1)N1CCC[C@@H](C(=O)N2CCCC2)C1. The molecule has 0 unspecified atom stereocenters. The molecule has 1 aromatic carbocycles. The average Bonchev–Trinajstić information content (AvgIpc) is 3.14. The largest absolute Gasteiger partial charge is 0.342 e. The highest BCUT2D eigenvalue weighted by Gasteiger charge is 2.31. The Hall–Kier alpha value is -1.55. The zero-order valence-electron chi connectivity index (χ0n) is 14.0. The van der Waals surface area contributed by atoms with E-state index in [1.54, 1.807) is 0 Å². The summed E-state index contributed by atoms with van der Waals surface area (Å²) in [5.41, 5.74) is 1.08. The van der Waals surface area contributed by atoms with Gasteiger partial charge in [0, 0.05) is 37.6 Å². The van der Waals surface area contributed by atoms with Gasteiger partial charge in [-0.15, -0.1) is 0 Å². The third-order valence-corrected chi connectivity index (χ3v) is 5.29. The van der Waals surface area contributed by atoms with Crippen LogP contribution < -0.4 is 0 Å². The normalized spacial score (nSPS) is 21.1. The molecule has 2 heterocycles. The lowest BCUT2D eigenvalue weighted by atomic mass is 9.96. The van der Waals surface area contributed by atoms with Crippen LogP contribution in [0.15, 0.2) is 24.3 Å². The van der Waals surface area contributed by atoms with Crippen molar-refractivity contribution in [2.45, 2.75) is 38.5 Å². The average molecular weight is 349 g/mol. The van der Waals surface area contributed by atoms with Crippen LogP contribution >= 0.6 is 11.6 Å². The van der Waals surface area contributed by atoms with Gasteiger partial charge in [0.1, 0.15) is 0 Å². The third-order valence-electron chi connectivity index (χ3n) is 5.06. The Bertz CT molecular complexity index is 599. The highest BCUT2D eigenvalue weighted by atomic mass is 35.5. The summed E-state index contributed by atoms with van der Waals surface area (Å²) in [5, 5.41) is 0.703. The number of hydrogen-bond acceptors (Lipinski definition) is 2. The Labute approximate surface area is 148 Å². The Morgan fingerprint density at radius 3 is 2.58 bits per heavy atom. The van der Waals surface area contributed by atoms with Crippen LogP contribution in [-0.2, 0) is 16.0 Å². The molecule has 1 aromatic rings. The maximum Gasteiger partial charge on any atom is 0.227 e. The molecule has 2 amide bonds. The number of nitrogens with zero attached hydrogens (tertiary/aromatic N) is 2. The molecule has 130 valence electrons. The number of amides is 2. The molecule has 0 bridgehead atoms. The van der Waals surface area contributed by atoms with Crippen molar-refractivity contribution in [1.82, 2.24) is 9.80 Å². The molecule has 4 nitrogen and oxygen atoms in total. The quantitative estimate of drug-likeness (QED) is 0.838. The van der Waals surface area contributed by atoms with Gasteiger partial charge < -0.3 is 9.80 Å². The number of aryl methyl sites for hydroxylation is 1. The number of carbonyl (C=O) groups excluding carboxylic acids is 2. The van der Waals surface area contributed by atoms with Gasteiger partial charge in [0.05, 0.1) is 5.92 Å². The van der Waals surface area contributed by atoms with Gasteiger partial charge in [-0.2, -0.15) is 0 Å². The van der Waals surface area contributed by atoms with E-state index in [2.05, 4.69) is 0 Å². The highest BCUT2D eigenvalue weighted by molar-refractivity contribution is 6.30. The maximum absolute atomic E-state index is 12.6. The van der Waals surface area contributed by atoms with Crippen LogP contribution in [-0.4, -0.2) is 47.8 Å². The van der Waals surface area contributed by atoms with E-state index in [1.165, 1.54) is 0 Å². The Morgan fingerprint density at radius 2 is 1.83 bits per heavy atom. The summed E-state index contributed by atoms with van der Waals surface area (Å²) in [6.07, 6.45) is 5.23. The van der Waals surface area contributed by atoms with Crippen molar-refractivity contribution in [3.05, 3.63) is 34.9 Å². The van der Waals surface area contributed by atoms with Crippen molar-refractivity contribution in [3.8, 4) is 0 Å². The standard InChI is InChI=1S/C19H25ClN2O2/c20-17-7-3-5-15(13-17)8-9-18(23)22-12-4-6-16(14-22)19(24)21-10-1-2-11-21/h3,5,7,13,16H,1-2,4,6,8-12,14H2/t16-/m1/s1. The van der Waals surface area contributed by atoms with Crippen molar-refractivity contribution < 1.29 is 9.59 Å². The molecule has 0 spiro atoms. The fourth-order valence-corrected chi connectivity index (χ4v) is 3.92. The van der Waals surface area contributed by atoms with Crippen molar-refractivity contribution in [3.63, 3.8) is 0 Å². The lowest BCUT2D eigenvalue weighted by molar-refractivity contribution is -0.140. The summed E-state index contributed by atoms with van der Waals surface area (Å²) in [7, 11) is 0. The summed E-state index contributed by atoms with van der Waals surface area (Å²) >= 11 is 5.99. The number of likely N-dealkylation sites (tertiary alicyclic amines) is 2. The van der Waals surface area contributed by atoms with Crippen LogP contribution in [0.5, 0.6) is 0 Å². The number of halogens is 1. The summed E-state index contributed by atoms with van der Waals surface area (Å²) < 4.78 is 0. The molecular formula is C19H25ClN2O2. The van der Waals surface area contributed by atoms with Gasteiger partial charge in [0.15, 0.2) is 0 Å². The van der Waals surface area contributed by atoms with E-state index in [1.807, 2.05) is 34.1 Å². The predicted octanol–water partition coefficient (Wildman–Crippen LogP) is 3.13. The number of hydrogen-bond donors (Lipinski definition) is 0. The van der Waals surface area contributed by atoms with Crippen LogP contribution in [0.3, 0.4) is 0 Å². The fraction of sp³-hybridized carbons (Fsp3) is 0.579. The van der Waals surface area contributed by atoms with Crippen molar-refractivity contribution >= 4 is 23.4 Å². The molecule has 2 saturated heterocycles. The minimum atomic E-state index is -0.00744. The molecule has 3 rings (SSSR count). The first-order valence-electron chi connectivity index (χ1n) is 8.94. The fourth-order valence-electron chi connectivity index (χ4n) is 3.70. The molecule has 0 aliphatic carbocycles. The second-order valence-corrected chi connectivity index (χ2v) is 7.28. The van der Waals surface area contributed by atoms with Gasteiger partial charge in [-0.25, -0.2) is 0 Å². The lowest BCUT2D eigenvalue weighted by Gasteiger charge is -2.34. The minimum Gasteiger partial charge on any atom is -0.342 e. The van der Waals surface area contributed by atoms with Gasteiger partial charge in [-0.1, -0.05) is 23.7 Å². The molecular weight excluding hydrogens is 324 g/mol. The molecule has 0 N–H and O–H groups in total. The second kappa shape index (κ2) is 8.02. The maximum atomic E-state index is 12.6. The molecule has 0 aromatic heterocycles. The second-order valence-electron chi connectivity index (χ2n) is 6.84. The summed E-state index contributed by atoms with van der Waals surface area (Å²) in [5.74, 6) is 0.390. The zero-order valence-corrected chi connectivity index (χ0v) is 14.8. The summed E-state index contributed by atoms with van der Waals surface area (Å²) in [4.78, 5) is 28.9. The Morgan fingerprint density at radius 1 is 1.08 bits per heavy atom. The molecule has 0 saturated carbocycles. The van der Waals surface area contributed by atoms with Crippen molar-refractivity contribution in [2.24, 2.45) is 5.92 Å². The van der Waals surface area contributed by atoms with Gasteiger partial charge >= 0.3 is 0 Å². The van der Waals surface area contributed by atoms with Gasteiger partial charge in [0.25, 0.3) is 0 Å². The van der Waals surface area contributed by atoms with Gasteiger partial charge in [-0.05, 0) is 49.8 Å². The van der Waals surface area contributed by atoms with E-state index >= 15 is 0 Å². The van der Waals surface area contributed by atoms with E-state index in [-0.39, 0.29) is 17.7 Å². The third kappa shape index (κ3) is 4.29. The molecule has 2 aliphatic heterocycles. The zero-order chi connectivity index (χ0) is 16.9. The first-order valence-corrected chi connectivity index (χ1v) is 9.32. The van der Waals surface area contributed by atoms with Gasteiger partial charge in [-0.3, -0.25) is 9.59 Å². The van der Waals surface area contributed by atoms with Gasteiger partial charge in [0.2, 0.25) is 11.8 Å². The number of rotatable bonds is 4. The van der Waals surface area contributed by atoms with Crippen LogP contribution in [0.25, 0.3) is 0 Å². The van der Waals surface area contributed by atoms with Crippen LogP contribution in [0.4, 0.5) is 0 Å². The van der Waals surface area contributed by atoms with E-state index in [0.29, 0.717) is 24.4 Å². The van der Waals surface area contributed by atoms with Crippen molar-refractivity contribution in [2.75, 3.05) is 26.2 Å². The van der Waals surface area contributed by atoms with E-state index < -0.39 is 0 Å². The van der Waals surface area contributed by atoms with E-state index in [4.69, 9.17) is 11.6 Å². The monoisotopic (exact) mass is 348 g/mol. The molecule has 2 fully saturated rings. The van der Waals surface area contributed by atoms with E-state index in [9.17, 15) is 9.59 Å². The lowest BCUT2D eigenvalue weighted by Crippen LogP contribution is -2.46. The Balaban J connectivity index is 1.52. The number of benzene rings is 1. The predicted molar refractivity (Wildman–Crippen MR) is 94.9 cm³/mol. The van der Waals surface area contributed by atoms with Crippen LogP contribution in [0, 0.1) is 5.92 Å². The Kier molecular flexibility index (Phi) is 5.77. The van der Waals surface area contributed by atoms with E-state index in [0.717, 1.165) is 50.9 Å². The minimum absolute atomic E-state index is 0.00744. The molecule has 5 heteroatoms. The molecule has 24 heavy (non-hydrogen) atoms. The van der Waals surface area contributed by atoms with Crippen LogP contribution in [0.1, 0.15) is 37.7 Å². The first-order chi connectivity index (χ1) is 11.6. The highest BCUT2D eigenvalue weighted by Crippen LogP contribution is 2.22. The molecule has 0 radical (unpaired) electrons. The summed E-state index contributed by atoms with van der Waals surface area (Å²) in [6, 6.07) is 7.65. The van der Waals surface area contributed by atoms with Crippen LogP contribution in [0.2, 0.25) is 5.02 Å². The number of carbonyl (C=O) groups is 2. The topological polar surface area (TPSA) is 40.6 Å². The first kappa shape index (κ1) is 17.3. The number of piperidine rings is 1. The van der Waals surface area contributed by atoms with Crippen molar-refractivity contribution in [1.29, 1.82) is 0 Å². The molecule has 1 atom stereocenters. The summed E-state index contributed by atoms with van der Waals surface area (Å²) in [6.45, 7) is 3.14. The smallest absolute Gasteiger partial charge is 0.227 e. The molecule has 2 aliphatic rings.